The third-order valence-corrected chi connectivity index (χ3v) is 6.09. The molecule has 0 radical (unpaired) electrons. The van der Waals surface area contributed by atoms with Gasteiger partial charge in [0, 0.05) is 18.9 Å². The summed E-state index contributed by atoms with van der Waals surface area (Å²) >= 11 is 0. The lowest BCUT2D eigenvalue weighted by molar-refractivity contribution is -0.132. The topological polar surface area (TPSA) is 52.6 Å². The molecule has 1 aromatic carbocycles. The maximum atomic E-state index is 12.8. The van der Waals surface area contributed by atoms with Gasteiger partial charge in [0.05, 0.1) is 7.11 Å². The Hall–Kier alpha value is -1.84. The van der Waals surface area contributed by atoms with Crippen LogP contribution < -0.4 is 9.47 Å². The van der Waals surface area contributed by atoms with E-state index in [1.54, 1.807) is 13.2 Å². The average molecular weight is 330 g/mol. The molecule has 24 heavy (non-hydrogen) atoms. The molecule has 2 aliphatic rings. The van der Waals surface area contributed by atoms with Gasteiger partial charge in [0.1, 0.15) is 0 Å². The van der Waals surface area contributed by atoms with Gasteiger partial charge < -0.3 is 9.47 Å². The average Bonchev–Trinajstić information content (AvgIpc) is 2.48. The summed E-state index contributed by atoms with van der Waals surface area (Å²) in [5.74, 6) is 0.886. The van der Waals surface area contributed by atoms with Gasteiger partial charge in [0.15, 0.2) is 17.3 Å². The van der Waals surface area contributed by atoms with E-state index in [1.165, 1.54) is 6.92 Å². The van der Waals surface area contributed by atoms with Crippen LogP contribution in [0.15, 0.2) is 12.1 Å². The van der Waals surface area contributed by atoms with Crippen LogP contribution in [0.25, 0.3) is 0 Å². The Bertz CT molecular complexity index is 704. The van der Waals surface area contributed by atoms with E-state index in [-0.39, 0.29) is 16.6 Å². The van der Waals surface area contributed by atoms with Crippen molar-refractivity contribution in [3.8, 4) is 11.5 Å². The lowest BCUT2D eigenvalue weighted by Crippen LogP contribution is -2.49. The van der Waals surface area contributed by atoms with Crippen LogP contribution in [0.3, 0.4) is 0 Å². The van der Waals surface area contributed by atoms with Gasteiger partial charge in [-0.05, 0) is 47.3 Å². The summed E-state index contributed by atoms with van der Waals surface area (Å²) < 4.78 is 10.7. The zero-order valence-electron chi connectivity index (χ0n) is 15.2. The van der Waals surface area contributed by atoms with E-state index in [2.05, 4.69) is 20.8 Å². The summed E-state index contributed by atoms with van der Waals surface area (Å²) in [5, 5.41) is 0. The number of methoxy groups -OCH3 is 1. The highest BCUT2D eigenvalue weighted by Gasteiger charge is 2.52. The summed E-state index contributed by atoms with van der Waals surface area (Å²) in [6.45, 7) is 8.17. The molecule has 0 heterocycles. The van der Waals surface area contributed by atoms with Gasteiger partial charge in [-0.15, -0.1) is 0 Å². The van der Waals surface area contributed by atoms with Crippen molar-refractivity contribution in [2.24, 2.45) is 11.3 Å². The highest BCUT2D eigenvalue weighted by molar-refractivity contribution is 6.00. The molecule has 0 aliphatic heterocycles. The van der Waals surface area contributed by atoms with Crippen molar-refractivity contribution in [2.75, 3.05) is 7.11 Å². The molecule has 0 unspecified atom stereocenters. The van der Waals surface area contributed by atoms with Gasteiger partial charge in [-0.1, -0.05) is 27.2 Å². The van der Waals surface area contributed by atoms with E-state index in [1.807, 2.05) is 6.07 Å². The van der Waals surface area contributed by atoms with Gasteiger partial charge in [0.2, 0.25) is 0 Å². The SMILES string of the molecule is COc1cc2c(cc1OC(C)=O)C(=O)C[C@@H]1C(C)(C)CCC[C@@]21C. The van der Waals surface area contributed by atoms with Gasteiger partial charge in [-0.3, -0.25) is 9.59 Å². The second-order valence-electron chi connectivity index (χ2n) is 8.08. The first-order valence-corrected chi connectivity index (χ1v) is 8.63. The van der Waals surface area contributed by atoms with Gasteiger partial charge in [-0.25, -0.2) is 0 Å². The van der Waals surface area contributed by atoms with E-state index in [0.717, 1.165) is 24.8 Å². The van der Waals surface area contributed by atoms with E-state index < -0.39 is 5.97 Å². The minimum absolute atomic E-state index is 0.0486. The lowest BCUT2D eigenvalue weighted by atomic mass is 9.50. The van der Waals surface area contributed by atoms with Crippen LogP contribution in [0.1, 0.15) is 69.3 Å². The monoisotopic (exact) mass is 330 g/mol. The van der Waals surface area contributed by atoms with Crippen molar-refractivity contribution >= 4 is 11.8 Å². The van der Waals surface area contributed by atoms with Crippen LogP contribution >= 0.6 is 0 Å². The molecule has 1 saturated carbocycles. The van der Waals surface area contributed by atoms with E-state index in [4.69, 9.17) is 9.47 Å². The zero-order chi connectivity index (χ0) is 17.7. The highest BCUT2D eigenvalue weighted by Crippen LogP contribution is 2.57. The van der Waals surface area contributed by atoms with Crippen LogP contribution in [-0.2, 0) is 10.2 Å². The van der Waals surface area contributed by atoms with E-state index in [0.29, 0.717) is 29.4 Å². The summed E-state index contributed by atoms with van der Waals surface area (Å²) in [5.41, 5.74) is 1.82. The number of Topliss-reactive ketones (excluding diaryl/α,β-unsaturated/α-hetero) is 1. The van der Waals surface area contributed by atoms with Crippen molar-refractivity contribution in [3.05, 3.63) is 23.3 Å². The molecule has 4 nitrogen and oxygen atoms in total. The Labute approximate surface area is 143 Å². The lowest BCUT2D eigenvalue weighted by Gasteiger charge is -2.53. The highest BCUT2D eigenvalue weighted by atomic mass is 16.6. The Morgan fingerprint density at radius 1 is 1.17 bits per heavy atom. The zero-order valence-corrected chi connectivity index (χ0v) is 15.2. The summed E-state index contributed by atoms with van der Waals surface area (Å²) in [7, 11) is 1.56. The van der Waals surface area contributed by atoms with Crippen molar-refractivity contribution in [1.29, 1.82) is 0 Å². The molecule has 2 atom stereocenters. The molecule has 0 amide bonds. The Morgan fingerprint density at radius 3 is 2.50 bits per heavy atom. The van der Waals surface area contributed by atoms with Crippen LogP contribution in [0.2, 0.25) is 0 Å². The number of esters is 1. The molecule has 130 valence electrons. The first-order chi connectivity index (χ1) is 11.2. The quantitative estimate of drug-likeness (QED) is 0.599. The number of benzene rings is 1. The van der Waals surface area contributed by atoms with Crippen LogP contribution in [0.5, 0.6) is 11.5 Å². The molecule has 3 rings (SSSR count). The Balaban J connectivity index is 2.17. The largest absolute Gasteiger partial charge is 0.493 e. The standard InChI is InChI=1S/C20H26O4/c1-12(21)24-17-9-13-14(10-16(17)23-5)20(4)8-6-7-19(2,3)18(20)11-15(13)22/h9-10,18H,6-8,11H2,1-5H3/t18-,20+/m1/s1. The minimum Gasteiger partial charge on any atom is -0.493 e. The second-order valence-corrected chi connectivity index (χ2v) is 8.08. The number of fused-ring (bicyclic) bond motifs is 3. The third-order valence-electron chi connectivity index (χ3n) is 6.09. The number of hydrogen-bond acceptors (Lipinski definition) is 4. The van der Waals surface area contributed by atoms with Gasteiger partial charge in [-0.2, -0.15) is 0 Å². The molecule has 0 spiro atoms. The first-order valence-electron chi connectivity index (χ1n) is 8.63. The number of carbonyl (C=O) groups excluding carboxylic acids is 2. The molecule has 1 fully saturated rings. The predicted molar refractivity (Wildman–Crippen MR) is 91.7 cm³/mol. The summed E-state index contributed by atoms with van der Waals surface area (Å²) in [6.07, 6.45) is 3.93. The number of carbonyl (C=O) groups is 2. The molecule has 4 heteroatoms. The number of ether oxygens (including phenoxy) is 2. The molecule has 1 aromatic rings. The fraction of sp³-hybridized carbons (Fsp3) is 0.600. The van der Waals surface area contributed by atoms with Crippen molar-refractivity contribution in [2.45, 2.75) is 58.8 Å². The fourth-order valence-electron chi connectivity index (χ4n) is 4.90. The van der Waals surface area contributed by atoms with E-state index >= 15 is 0 Å². The maximum Gasteiger partial charge on any atom is 0.308 e. The van der Waals surface area contributed by atoms with Crippen molar-refractivity contribution < 1.29 is 19.1 Å². The third kappa shape index (κ3) is 2.52. The van der Waals surface area contributed by atoms with Crippen LogP contribution in [-0.4, -0.2) is 18.9 Å². The number of ketones is 1. The molecule has 0 saturated heterocycles. The van der Waals surface area contributed by atoms with Crippen molar-refractivity contribution in [3.63, 3.8) is 0 Å². The molecule has 0 N–H and O–H groups in total. The van der Waals surface area contributed by atoms with E-state index in [9.17, 15) is 9.59 Å². The molecule has 2 aliphatic carbocycles. The molecular formula is C20H26O4. The number of hydrogen-bond donors (Lipinski definition) is 0. The predicted octanol–water partition coefficient (Wildman–Crippen LogP) is 4.29. The normalized spacial score (nSPS) is 27.9. The maximum absolute atomic E-state index is 12.8. The Kier molecular flexibility index (Phi) is 3.97. The van der Waals surface area contributed by atoms with Crippen LogP contribution in [0, 0.1) is 11.3 Å². The molecule has 0 aromatic heterocycles. The molecular weight excluding hydrogens is 304 g/mol. The van der Waals surface area contributed by atoms with Crippen LogP contribution in [0.4, 0.5) is 0 Å². The Morgan fingerprint density at radius 2 is 1.88 bits per heavy atom. The summed E-state index contributed by atoms with van der Waals surface area (Å²) in [6, 6.07) is 3.61. The number of rotatable bonds is 2. The fourth-order valence-corrected chi connectivity index (χ4v) is 4.90. The summed E-state index contributed by atoms with van der Waals surface area (Å²) in [4.78, 5) is 24.2. The van der Waals surface area contributed by atoms with Crippen molar-refractivity contribution in [1.82, 2.24) is 0 Å². The minimum atomic E-state index is -0.417. The molecule has 0 bridgehead atoms. The van der Waals surface area contributed by atoms with Gasteiger partial charge in [0.25, 0.3) is 0 Å². The first kappa shape index (κ1) is 17.0. The van der Waals surface area contributed by atoms with Gasteiger partial charge >= 0.3 is 5.97 Å². The second kappa shape index (κ2) is 5.61. The smallest absolute Gasteiger partial charge is 0.308 e.